The Labute approximate surface area is 395 Å². The zero-order chi connectivity index (χ0) is 41.6. The summed E-state index contributed by atoms with van der Waals surface area (Å²) in [6, 6.07) is 43.5. The van der Waals surface area contributed by atoms with Crippen LogP contribution in [0, 0.1) is 0 Å². The van der Waals surface area contributed by atoms with E-state index in [2.05, 4.69) is 183 Å². The molecule has 0 spiro atoms. The summed E-state index contributed by atoms with van der Waals surface area (Å²) in [5.74, 6) is 5.76. The molecule has 6 aliphatic heterocycles. The molecule has 15 heteroatoms. The third-order valence-corrected chi connectivity index (χ3v) is 11.3. The summed E-state index contributed by atoms with van der Waals surface area (Å²) in [7, 11) is 0. The van der Waals surface area contributed by atoms with Crippen molar-refractivity contribution in [2.45, 2.75) is 38.5 Å². The molecule has 332 valence electrons. The number of amidine groups is 6. The van der Waals surface area contributed by atoms with Gasteiger partial charge in [0, 0.05) is 78.5 Å². The van der Waals surface area contributed by atoms with Crippen molar-refractivity contribution in [1.82, 2.24) is 31.9 Å². The normalized spacial score (nSPS) is 17.8. The molecule has 0 aliphatic carbocycles. The zero-order valence-corrected chi connectivity index (χ0v) is 39.0. The standard InChI is InChI=1S/C24H20B.3C8H14N4.BrH.Fe/c1-5-13-21(14-6-1)25(22-15-7-2-8-16-22,23-17-9-3-10-18-23)24-19-11-4-12-20-24;3*1-3-9-7(10-4-1)8-11-5-2-6-12-8;;/h1-20H;3*1-6H2,(H,9,10)(H,11,12);1H;/q-1;;;;;+2/p-1. The van der Waals surface area contributed by atoms with E-state index in [4.69, 9.17) is 0 Å². The van der Waals surface area contributed by atoms with Crippen LogP contribution in [0.25, 0.3) is 0 Å². The summed E-state index contributed by atoms with van der Waals surface area (Å²) < 4.78 is 0. The van der Waals surface area contributed by atoms with Crippen LogP contribution in [-0.4, -0.2) is 120 Å². The number of hydrogen-bond donors (Lipinski definition) is 6. The average molecular weight is 954 g/mol. The van der Waals surface area contributed by atoms with Crippen molar-refractivity contribution in [3.8, 4) is 0 Å². The fraction of sp³-hybridized carbons (Fsp3) is 0.375. The van der Waals surface area contributed by atoms with Crippen LogP contribution in [0.2, 0.25) is 0 Å². The van der Waals surface area contributed by atoms with Crippen LogP contribution in [0.1, 0.15) is 38.5 Å². The number of hydrogen-bond acceptors (Lipinski definition) is 12. The van der Waals surface area contributed by atoms with Gasteiger partial charge in [0.25, 0.3) is 0 Å². The van der Waals surface area contributed by atoms with Crippen LogP contribution in [0.5, 0.6) is 0 Å². The Bertz CT molecular complexity index is 1780. The summed E-state index contributed by atoms with van der Waals surface area (Å²) in [6.07, 6.45) is 5.60. The van der Waals surface area contributed by atoms with Gasteiger partial charge in [-0.25, -0.2) is 0 Å². The summed E-state index contributed by atoms with van der Waals surface area (Å²) in [5, 5.41) is 19.5. The molecule has 0 unspecified atom stereocenters. The van der Waals surface area contributed by atoms with Crippen LogP contribution in [0.15, 0.2) is 151 Å². The molecular formula is C48H62BBrFeN12. The van der Waals surface area contributed by atoms with Crippen LogP contribution in [0.4, 0.5) is 0 Å². The van der Waals surface area contributed by atoms with Gasteiger partial charge in [0.2, 0.25) is 0 Å². The van der Waals surface area contributed by atoms with Gasteiger partial charge in [0.1, 0.15) is 6.15 Å². The molecule has 12 nitrogen and oxygen atoms in total. The molecule has 63 heavy (non-hydrogen) atoms. The van der Waals surface area contributed by atoms with Gasteiger partial charge < -0.3 is 48.9 Å². The average Bonchev–Trinajstić information content (AvgIpc) is 3.38. The molecule has 0 saturated carbocycles. The summed E-state index contributed by atoms with van der Waals surface area (Å²) in [6.45, 7) is 11.8. The SMILES string of the molecule is C1CN=C(C2=NCCCN2)NC1.C1CN=C(C2=NCCCN2)NC1.C1CN=C(C2=NCCCN2)NC1.[Br-].[Fe+2].c1ccc([B-](c2ccccc2)(c2ccccc2)c2ccccc2)cc1. The number of rotatable bonds is 7. The predicted molar refractivity (Wildman–Crippen MR) is 260 cm³/mol. The molecular weight excluding hydrogens is 891 g/mol. The predicted octanol–water partition coefficient (Wildman–Crippen LogP) is -0.625. The molecule has 6 aliphatic rings. The van der Waals surface area contributed by atoms with E-state index in [-0.39, 0.29) is 34.1 Å². The quantitative estimate of drug-likeness (QED) is 0.136. The summed E-state index contributed by atoms with van der Waals surface area (Å²) >= 11 is 0. The Kier molecular flexibility index (Phi) is 21.0. The van der Waals surface area contributed by atoms with E-state index >= 15 is 0 Å². The molecule has 0 bridgehead atoms. The van der Waals surface area contributed by atoms with Gasteiger partial charge in [0.15, 0.2) is 35.0 Å². The van der Waals surface area contributed by atoms with Crippen LogP contribution in [-0.2, 0) is 17.1 Å². The molecule has 6 N–H and O–H groups in total. The van der Waals surface area contributed by atoms with Gasteiger partial charge >= 0.3 is 17.1 Å². The molecule has 4 aromatic carbocycles. The van der Waals surface area contributed by atoms with E-state index in [1.165, 1.54) is 21.9 Å². The fourth-order valence-electron chi connectivity index (χ4n) is 8.27. The minimum absolute atomic E-state index is 0. The second-order valence-corrected chi connectivity index (χ2v) is 15.6. The molecule has 0 fully saturated rings. The van der Waals surface area contributed by atoms with Gasteiger partial charge in [-0.2, -0.15) is 21.9 Å². The Morgan fingerprint density at radius 3 is 0.603 bits per heavy atom. The zero-order valence-electron chi connectivity index (χ0n) is 36.3. The van der Waals surface area contributed by atoms with Crippen LogP contribution >= 0.6 is 0 Å². The summed E-state index contributed by atoms with van der Waals surface area (Å²) in [5.41, 5.74) is 5.36. The first kappa shape index (κ1) is 48.8. The second-order valence-electron chi connectivity index (χ2n) is 15.6. The van der Waals surface area contributed by atoms with Crippen molar-refractivity contribution in [3.63, 3.8) is 0 Å². The molecule has 4 aromatic rings. The van der Waals surface area contributed by atoms with Gasteiger partial charge in [-0.05, 0) is 38.5 Å². The maximum atomic E-state index is 4.37. The molecule has 0 saturated heterocycles. The van der Waals surface area contributed by atoms with E-state index < -0.39 is 6.15 Å². The Morgan fingerprint density at radius 2 is 0.460 bits per heavy atom. The Hall–Kier alpha value is -5.24. The smallest absolute Gasteiger partial charge is 1.00 e. The van der Waals surface area contributed by atoms with Gasteiger partial charge in [-0.3, -0.25) is 30.0 Å². The Balaban J connectivity index is 0.000000168. The monoisotopic (exact) mass is 952 g/mol. The summed E-state index contributed by atoms with van der Waals surface area (Å²) in [4.78, 5) is 26.2. The Morgan fingerprint density at radius 1 is 0.286 bits per heavy atom. The topological polar surface area (TPSA) is 146 Å². The largest absolute Gasteiger partial charge is 2.00 e. The van der Waals surface area contributed by atoms with Crippen molar-refractivity contribution in [1.29, 1.82) is 0 Å². The van der Waals surface area contributed by atoms with Crippen LogP contribution in [0.3, 0.4) is 0 Å². The van der Waals surface area contributed by atoms with Crippen molar-refractivity contribution in [2.75, 3.05) is 78.5 Å². The van der Waals surface area contributed by atoms with Gasteiger partial charge in [-0.1, -0.05) is 121 Å². The van der Waals surface area contributed by atoms with E-state index in [0.29, 0.717) is 0 Å². The van der Waals surface area contributed by atoms with E-state index in [1.54, 1.807) is 0 Å². The molecule has 6 heterocycles. The maximum Gasteiger partial charge on any atom is 2.00 e. The minimum atomic E-state index is -1.22. The first-order valence-electron chi connectivity index (χ1n) is 22.4. The van der Waals surface area contributed by atoms with Crippen molar-refractivity contribution in [2.24, 2.45) is 30.0 Å². The molecule has 0 atom stereocenters. The molecule has 0 amide bonds. The molecule has 0 radical (unpaired) electrons. The van der Waals surface area contributed by atoms with Crippen molar-refractivity contribution >= 4 is 63.0 Å². The molecule has 10 rings (SSSR count). The fourth-order valence-corrected chi connectivity index (χ4v) is 8.27. The van der Waals surface area contributed by atoms with Crippen molar-refractivity contribution < 1.29 is 34.1 Å². The second kappa shape index (κ2) is 27.1. The molecule has 0 aromatic heterocycles. The number of halogens is 1. The van der Waals surface area contributed by atoms with Crippen LogP contribution < -0.4 is 70.7 Å². The van der Waals surface area contributed by atoms with Gasteiger partial charge in [-0.15, -0.1) is 0 Å². The van der Waals surface area contributed by atoms with E-state index in [1.807, 2.05) is 0 Å². The number of nitrogens with one attached hydrogen (secondary N) is 6. The van der Waals surface area contributed by atoms with Crippen molar-refractivity contribution in [3.05, 3.63) is 121 Å². The number of nitrogens with zero attached hydrogens (tertiary/aromatic N) is 6. The third-order valence-electron chi connectivity index (χ3n) is 11.3. The number of benzene rings is 4. The van der Waals surface area contributed by atoms with Gasteiger partial charge in [0.05, 0.1) is 0 Å². The maximum absolute atomic E-state index is 4.37. The number of aliphatic imine (C=N–C) groups is 6. The first-order chi connectivity index (χ1) is 30.3. The minimum Gasteiger partial charge on any atom is -1.00 e. The third kappa shape index (κ3) is 13.9. The van der Waals surface area contributed by atoms with E-state index in [0.717, 1.165) is 152 Å². The first-order valence-corrected chi connectivity index (χ1v) is 22.4. The van der Waals surface area contributed by atoms with E-state index in [9.17, 15) is 0 Å².